The van der Waals surface area contributed by atoms with E-state index in [1.165, 1.54) is 0 Å². The van der Waals surface area contributed by atoms with E-state index in [9.17, 15) is 0 Å². The van der Waals surface area contributed by atoms with Gasteiger partial charge in [0.15, 0.2) is 5.11 Å². The van der Waals surface area contributed by atoms with Crippen molar-refractivity contribution in [3.8, 4) is 0 Å². The summed E-state index contributed by atoms with van der Waals surface area (Å²) in [7, 11) is 0. The van der Waals surface area contributed by atoms with Crippen LogP contribution in [0.25, 0.3) is 0 Å². The molecule has 0 bridgehead atoms. The second kappa shape index (κ2) is 6.16. The average Bonchev–Trinajstić information content (AvgIpc) is 2.54. The molecule has 82 valence electrons. The van der Waals surface area contributed by atoms with Gasteiger partial charge in [0.25, 0.3) is 0 Å². The smallest absolute Gasteiger partial charge is 0.175 e. The molecule has 4 nitrogen and oxygen atoms in total. The molecule has 0 unspecified atom stereocenters. The number of nitrogens with zero attached hydrogens (tertiary/aromatic N) is 2. The fourth-order valence-corrected chi connectivity index (χ4v) is 1.56. The zero-order chi connectivity index (χ0) is 10.4. The molecular formula is C9H18N2O2S. The molecule has 0 aromatic rings. The number of hydrogen-bond acceptors (Lipinski definition) is 3. The van der Waals surface area contributed by atoms with Gasteiger partial charge in [-0.05, 0) is 26.1 Å². The van der Waals surface area contributed by atoms with Crippen molar-refractivity contribution in [2.24, 2.45) is 0 Å². The van der Waals surface area contributed by atoms with Gasteiger partial charge in [-0.1, -0.05) is 0 Å². The van der Waals surface area contributed by atoms with E-state index in [1.54, 1.807) is 0 Å². The van der Waals surface area contributed by atoms with Crippen molar-refractivity contribution in [2.45, 2.75) is 13.8 Å². The lowest BCUT2D eigenvalue weighted by Gasteiger charge is -2.21. The maximum atomic E-state index is 5.31. The highest BCUT2D eigenvalue weighted by Crippen LogP contribution is 2.08. The Kier molecular flexibility index (Phi) is 5.14. The Balaban J connectivity index is 2.28. The molecule has 0 radical (unpaired) electrons. The van der Waals surface area contributed by atoms with Crippen LogP contribution in [0.1, 0.15) is 13.8 Å². The molecule has 0 N–H and O–H groups in total. The Bertz CT molecular complexity index is 172. The lowest BCUT2D eigenvalue weighted by Crippen LogP contribution is -2.34. The summed E-state index contributed by atoms with van der Waals surface area (Å²) in [6.45, 7) is 8.48. The highest BCUT2D eigenvalue weighted by atomic mass is 32.1. The van der Waals surface area contributed by atoms with Gasteiger partial charge in [-0.25, -0.2) is 0 Å². The summed E-state index contributed by atoms with van der Waals surface area (Å²) >= 11 is 5.28. The number of ether oxygens (including phenoxy) is 2. The first kappa shape index (κ1) is 11.7. The van der Waals surface area contributed by atoms with Crippen molar-refractivity contribution in [2.75, 3.05) is 39.8 Å². The fourth-order valence-electron chi connectivity index (χ4n) is 1.28. The minimum Gasteiger partial charge on any atom is -0.361 e. The summed E-state index contributed by atoms with van der Waals surface area (Å²) in [5.74, 6) is 0. The van der Waals surface area contributed by atoms with E-state index in [4.69, 9.17) is 21.7 Å². The van der Waals surface area contributed by atoms with Gasteiger partial charge in [-0.3, -0.25) is 0 Å². The molecular weight excluding hydrogens is 200 g/mol. The summed E-state index contributed by atoms with van der Waals surface area (Å²) < 4.78 is 10.6. The fraction of sp³-hybridized carbons (Fsp3) is 0.889. The number of hydrogen-bond donors (Lipinski definition) is 0. The second-order valence-corrected chi connectivity index (χ2v) is 3.42. The van der Waals surface area contributed by atoms with Crippen LogP contribution < -0.4 is 0 Å². The largest absolute Gasteiger partial charge is 0.361 e. The zero-order valence-electron chi connectivity index (χ0n) is 8.86. The van der Waals surface area contributed by atoms with Crippen LogP contribution >= 0.6 is 12.2 Å². The third kappa shape index (κ3) is 3.08. The summed E-state index contributed by atoms with van der Waals surface area (Å²) in [6.07, 6.45) is 0. The van der Waals surface area contributed by atoms with Crippen LogP contribution in [0, 0.1) is 0 Å². The Morgan fingerprint density at radius 2 is 1.50 bits per heavy atom. The normalized spacial score (nSPS) is 16.9. The van der Waals surface area contributed by atoms with Gasteiger partial charge in [-0.2, -0.15) is 0 Å². The van der Waals surface area contributed by atoms with Crippen molar-refractivity contribution in [1.82, 2.24) is 9.80 Å². The van der Waals surface area contributed by atoms with Crippen molar-refractivity contribution in [3.63, 3.8) is 0 Å². The topological polar surface area (TPSA) is 24.9 Å². The summed E-state index contributed by atoms with van der Waals surface area (Å²) in [4.78, 5) is 4.11. The molecule has 1 saturated heterocycles. The Labute approximate surface area is 90.8 Å². The molecule has 1 aliphatic rings. The van der Waals surface area contributed by atoms with Gasteiger partial charge in [0.2, 0.25) is 0 Å². The Morgan fingerprint density at radius 3 is 1.86 bits per heavy atom. The predicted octanol–water partition coefficient (Wildman–Crippen LogP) is 0.877. The van der Waals surface area contributed by atoms with Crippen LogP contribution in [0.15, 0.2) is 0 Å². The van der Waals surface area contributed by atoms with Crippen molar-refractivity contribution in [1.29, 1.82) is 0 Å². The molecule has 0 aromatic heterocycles. The van der Waals surface area contributed by atoms with Crippen LogP contribution in [0.5, 0.6) is 0 Å². The van der Waals surface area contributed by atoms with Gasteiger partial charge in [0, 0.05) is 26.3 Å². The molecule has 0 aliphatic carbocycles. The monoisotopic (exact) mass is 218 g/mol. The van der Waals surface area contributed by atoms with E-state index in [1.807, 2.05) is 13.8 Å². The van der Waals surface area contributed by atoms with Gasteiger partial charge >= 0.3 is 0 Å². The average molecular weight is 218 g/mol. The SMILES string of the molecule is CCOCN1CCN(COCC)C1=S. The molecule has 1 heterocycles. The first-order valence-electron chi connectivity index (χ1n) is 4.99. The minimum absolute atomic E-state index is 0.595. The molecule has 5 heteroatoms. The molecule has 14 heavy (non-hydrogen) atoms. The minimum atomic E-state index is 0.595. The third-order valence-corrected chi connectivity index (χ3v) is 2.60. The van der Waals surface area contributed by atoms with Crippen molar-refractivity contribution >= 4 is 17.3 Å². The van der Waals surface area contributed by atoms with E-state index in [0.717, 1.165) is 31.4 Å². The van der Waals surface area contributed by atoms with E-state index in [0.29, 0.717) is 13.5 Å². The van der Waals surface area contributed by atoms with Crippen LogP contribution in [0.3, 0.4) is 0 Å². The number of rotatable bonds is 6. The quantitative estimate of drug-likeness (QED) is 0.616. The lowest BCUT2D eigenvalue weighted by molar-refractivity contribution is 0.0750. The van der Waals surface area contributed by atoms with Crippen LogP contribution in [-0.2, 0) is 9.47 Å². The van der Waals surface area contributed by atoms with E-state index >= 15 is 0 Å². The lowest BCUT2D eigenvalue weighted by atomic mass is 10.6. The molecule has 0 saturated carbocycles. The summed E-state index contributed by atoms with van der Waals surface area (Å²) in [5, 5.41) is 0.840. The van der Waals surface area contributed by atoms with Crippen LogP contribution in [0.4, 0.5) is 0 Å². The standard InChI is InChI=1S/C9H18N2O2S/c1-3-12-7-10-5-6-11(9(10)14)8-13-4-2/h3-8H2,1-2H3. The molecule has 0 spiro atoms. The van der Waals surface area contributed by atoms with Crippen molar-refractivity contribution < 1.29 is 9.47 Å². The highest BCUT2D eigenvalue weighted by molar-refractivity contribution is 7.80. The van der Waals surface area contributed by atoms with Gasteiger partial charge in [-0.15, -0.1) is 0 Å². The van der Waals surface area contributed by atoms with E-state index in [-0.39, 0.29) is 0 Å². The van der Waals surface area contributed by atoms with E-state index < -0.39 is 0 Å². The van der Waals surface area contributed by atoms with Crippen LogP contribution in [-0.4, -0.2) is 54.7 Å². The maximum Gasteiger partial charge on any atom is 0.175 e. The first-order valence-corrected chi connectivity index (χ1v) is 5.39. The molecule has 1 rings (SSSR count). The van der Waals surface area contributed by atoms with Gasteiger partial charge < -0.3 is 19.3 Å². The van der Waals surface area contributed by atoms with Crippen molar-refractivity contribution in [3.05, 3.63) is 0 Å². The second-order valence-electron chi connectivity index (χ2n) is 3.05. The Hall–Kier alpha value is -0.390. The van der Waals surface area contributed by atoms with E-state index in [2.05, 4.69) is 9.80 Å². The Morgan fingerprint density at radius 1 is 1.07 bits per heavy atom. The number of thiocarbonyl (C=S) groups is 1. The van der Waals surface area contributed by atoms with Crippen LogP contribution in [0.2, 0.25) is 0 Å². The maximum absolute atomic E-state index is 5.31. The summed E-state index contributed by atoms with van der Waals surface area (Å²) in [5.41, 5.74) is 0. The predicted molar refractivity (Wildman–Crippen MR) is 59.0 cm³/mol. The third-order valence-electron chi connectivity index (χ3n) is 2.08. The molecule has 1 aliphatic heterocycles. The van der Waals surface area contributed by atoms with Gasteiger partial charge in [0.05, 0.1) is 0 Å². The molecule has 0 amide bonds. The zero-order valence-corrected chi connectivity index (χ0v) is 9.68. The van der Waals surface area contributed by atoms with Gasteiger partial charge in [0.1, 0.15) is 13.5 Å². The molecule has 0 atom stereocenters. The highest BCUT2D eigenvalue weighted by Gasteiger charge is 2.23. The summed E-state index contributed by atoms with van der Waals surface area (Å²) in [6, 6.07) is 0. The first-order chi connectivity index (χ1) is 6.79. The molecule has 1 fully saturated rings. The molecule has 0 aromatic carbocycles.